The summed E-state index contributed by atoms with van der Waals surface area (Å²) in [4.78, 5) is 87.7. The second-order valence-electron chi connectivity index (χ2n) is 12.4. The first-order valence-corrected chi connectivity index (χ1v) is 15.5. The van der Waals surface area contributed by atoms with E-state index in [0.717, 1.165) is 25.7 Å². The Hall–Kier alpha value is -3.45. The van der Waals surface area contributed by atoms with Crippen LogP contribution in [0.5, 0.6) is 0 Å². The van der Waals surface area contributed by atoms with Crippen LogP contribution < -0.4 is 17.1 Å². The number of aromatic nitrogens is 3. The highest BCUT2D eigenvalue weighted by atomic mass is 16.2. The quantitative estimate of drug-likeness (QED) is 0.320. The minimum absolute atomic E-state index is 0.140. The van der Waals surface area contributed by atoms with Gasteiger partial charge in [0.15, 0.2) is 0 Å². The van der Waals surface area contributed by atoms with Gasteiger partial charge in [-0.05, 0) is 78.1 Å². The van der Waals surface area contributed by atoms with Crippen molar-refractivity contribution >= 4 is 18.2 Å². The van der Waals surface area contributed by atoms with Crippen LogP contribution in [0.15, 0.2) is 29.4 Å². The molecule has 3 aliphatic rings. The van der Waals surface area contributed by atoms with E-state index in [1.807, 2.05) is 6.92 Å². The second kappa shape index (κ2) is 14.1. The van der Waals surface area contributed by atoms with Crippen LogP contribution in [0.1, 0.15) is 116 Å². The number of aliphatic imine (C=N–C) groups is 3. The fourth-order valence-corrected chi connectivity index (χ4v) is 7.91. The Morgan fingerprint density at radius 1 is 0.548 bits per heavy atom. The van der Waals surface area contributed by atoms with Crippen molar-refractivity contribution in [3.63, 3.8) is 0 Å². The summed E-state index contributed by atoms with van der Waals surface area (Å²) >= 11 is 0. The molecule has 0 radical (unpaired) electrons. The smallest absolute Gasteiger partial charge is 0.247 e. The Morgan fingerprint density at radius 3 is 1.36 bits per heavy atom. The van der Waals surface area contributed by atoms with Crippen molar-refractivity contribution in [2.45, 2.75) is 134 Å². The first kappa shape index (κ1) is 31.5. The molecule has 12 heteroatoms. The number of isocyanates is 3. The van der Waals surface area contributed by atoms with Gasteiger partial charge in [0.2, 0.25) is 18.2 Å². The van der Waals surface area contributed by atoms with E-state index in [4.69, 9.17) is 0 Å². The summed E-state index contributed by atoms with van der Waals surface area (Å²) in [6.45, 7) is 5.47. The average molecular weight is 583 g/mol. The van der Waals surface area contributed by atoms with Gasteiger partial charge in [0, 0.05) is 30.0 Å². The van der Waals surface area contributed by atoms with Crippen LogP contribution in [0.2, 0.25) is 0 Å². The molecule has 1 aromatic rings. The van der Waals surface area contributed by atoms with Crippen LogP contribution in [0.25, 0.3) is 0 Å². The molecule has 1 aromatic heterocycles. The summed E-state index contributed by atoms with van der Waals surface area (Å²) in [7, 11) is 0. The topological polar surface area (TPSA) is 154 Å². The third-order valence-electron chi connectivity index (χ3n) is 10.3. The minimum atomic E-state index is -0.637. The van der Waals surface area contributed by atoms with Crippen molar-refractivity contribution in [3.8, 4) is 0 Å². The van der Waals surface area contributed by atoms with Gasteiger partial charge in [0.1, 0.15) is 0 Å². The predicted molar refractivity (Wildman–Crippen MR) is 155 cm³/mol. The van der Waals surface area contributed by atoms with E-state index in [1.54, 1.807) is 32.1 Å². The van der Waals surface area contributed by atoms with E-state index in [2.05, 4.69) is 15.0 Å². The lowest BCUT2D eigenvalue weighted by Gasteiger charge is -2.38. The molecule has 228 valence electrons. The van der Waals surface area contributed by atoms with Crippen LogP contribution in [-0.2, 0) is 14.4 Å². The van der Waals surface area contributed by atoms with Gasteiger partial charge in [-0.1, -0.05) is 25.7 Å². The Labute approximate surface area is 244 Å². The summed E-state index contributed by atoms with van der Waals surface area (Å²) in [5.74, 6) is -0.326. The van der Waals surface area contributed by atoms with Crippen molar-refractivity contribution in [3.05, 3.63) is 31.5 Å². The summed E-state index contributed by atoms with van der Waals surface area (Å²) in [5.41, 5.74) is -1.87. The zero-order valence-corrected chi connectivity index (χ0v) is 24.8. The number of hydrogen-bond acceptors (Lipinski definition) is 9. The molecule has 42 heavy (non-hydrogen) atoms. The average Bonchev–Trinajstić information content (AvgIpc) is 2.98. The number of nitrogens with zero attached hydrogens (tertiary/aromatic N) is 6. The van der Waals surface area contributed by atoms with Gasteiger partial charge in [-0.15, -0.1) is 0 Å². The molecule has 7 unspecified atom stereocenters. The van der Waals surface area contributed by atoms with Gasteiger partial charge in [0.25, 0.3) is 0 Å². The first-order valence-electron chi connectivity index (χ1n) is 15.5. The molecule has 0 aromatic carbocycles. The van der Waals surface area contributed by atoms with E-state index in [-0.39, 0.29) is 23.8 Å². The molecule has 1 heterocycles. The van der Waals surface area contributed by atoms with Crippen molar-refractivity contribution < 1.29 is 14.4 Å². The monoisotopic (exact) mass is 582 g/mol. The normalized spacial score (nSPS) is 30.1. The van der Waals surface area contributed by atoms with Crippen LogP contribution in [0, 0.1) is 17.8 Å². The van der Waals surface area contributed by atoms with Gasteiger partial charge in [-0.3, -0.25) is 0 Å². The molecule has 4 rings (SSSR count). The van der Waals surface area contributed by atoms with Gasteiger partial charge >= 0.3 is 17.1 Å². The van der Waals surface area contributed by atoms with Gasteiger partial charge in [-0.25, -0.2) is 57.4 Å². The van der Waals surface area contributed by atoms with Crippen molar-refractivity contribution in [1.82, 2.24) is 13.7 Å². The summed E-state index contributed by atoms with van der Waals surface area (Å²) < 4.78 is 3.82. The zero-order chi connectivity index (χ0) is 30.4. The van der Waals surface area contributed by atoms with Gasteiger partial charge < -0.3 is 0 Å². The van der Waals surface area contributed by atoms with Crippen molar-refractivity contribution in [2.24, 2.45) is 32.7 Å². The summed E-state index contributed by atoms with van der Waals surface area (Å²) in [6.07, 6.45) is 13.2. The molecule has 0 aliphatic heterocycles. The molecule has 7 atom stereocenters. The largest absolute Gasteiger partial charge is 0.336 e. The second-order valence-corrected chi connectivity index (χ2v) is 12.4. The van der Waals surface area contributed by atoms with Crippen molar-refractivity contribution in [2.75, 3.05) is 0 Å². The number of hydrogen-bond donors (Lipinski definition) is 0. The van der Waals surface area contributed by atoms with Crippen LogP contribution >= 0.6 is 0 Å². The lowest BCUT2D eigenvalue weighted by Crippen LogP contribution is -2.59. The fraction of sp³-hybridized carbons (Fsp3) is 0.800. The molecule has 0 saturated heterocycles. The number of carbonyl (C=O) groups excluding carboxylic acids is 3. The lowest BCUT2D eigenvalue weighted by molar-refractivity contribution is 0.157. The Bertz CT molecular complexity index is 1350. The Kier molecular flexibility index (Phi) is 10.6. The molecule has 0 spiro atoms. The predicted octanol–water partition coefficient (Wildman–Crippen LogP) is 3.54. The van der Waals surface area contributed by atoms with E-state index in [9.17, 15) is 28.8 Å². The molecule has 0 amide bonds. The molecule has 0 bridgehead atoms. The SMILES string of the molecule is CC(N=C=O)C1CCC(n2c(=O)n(C3CCCCC3C(C)N=C=O)c(=O)n(C3CCCCC3C(C)N=C=O)c2=O)CC1. The molecular weight excluding hydrogens is 540 g/mol. The molecule has 3 fully saturated rings. The highest BCUT2D eigenvalue weighted by Gasteiger charge is 2.39. The maximum Gasteiger partial charge on any atom is 0.336 e. The molecule has 3 aliphatic carbocycles. The van der Waals surface area contributed by atoms with Crippen molar-refractivity contribution in [1.29, 1.82) is 0 Å². The van der Waals surface area contributed by atoms with Gasteiger partial charge in [-0.2, -0.15) is 0 Å². The van der Waals surface area contributed by atoms with E-state index in [1.165, 1.54) is 13.7 Å². The van der Waals surface area contributed by atoms with E-state index >= 15 is 0 Å². The highest BCUT2D eigenvalue weighted by molar-refractivity contribution is 5.34. The minimum Gasteiger partial charge on any atom is -0.247 e. The molecule has 12 nitrogen and oxygen atoms in total. The first-order chi connectivity index (χ1) is 20.2. The zero-order valence-electron chi connectivity index (χ0n) is 24.8. The Balaban J connectivity index is 1.89. The summed E-state index contributed by atoms with van der Waals surface area (Å²) in [5, 5.41) is 0. The molecular formula is C30H42N6O6. The molecule has 3 saturated carbocycles. The molecule has 0 N–H and O–H groups in total. The van der Waals surface area contributed by atoms with Crippen LogP contribution in [0.4, 0.5) is 0 Å². The maximum absolute atomic E-state index is 14.4. The van der Waals surface area contributed by atoms with Gasteiger partial charge in [0.05, 0.1) is 18.1 Å². The lowest BCUT2D eigenvalue weighted by atomic mass is 9.79. The third kappa shape index (κ3) is 6.31. The van der Waals surface area contributed by atoms with Crippen LogP contribution in [-0.4, -0.2) is 50.1 Å². The summed E-state index contributed by atoms with van der Waals surface area (Å²) in [6, 6.07) is -2.52. The van der Waals surface area contributed by atoms with E-state index in [0.29, 0.717) is 51.4 Å². The highest BCUT2D eigenvalue weighted by Crippen LogP contribution is 2.38. The Morgan fingerprint density at radius 2 is 0.929 bits per heavy atom. The third-order valence-corrected chi connectivity index (χ3v) is 10.3. The standard InChI is InChI=1S/C30H42N6O6/c1-19(31-16-37)22-12-14-23(15-13-22)34-28(40)35(26-10-6-4-8-24(26)20(2)32-17-38)30(42)36(29(34)41)27-11-7-5-9-25(27)21(3)33-18-39/h19-27H,4-15H2,1-3H3. The fourth-order valence-electron chi connectivity index (χ4n) is 7.91. The van der Waals surface area contributed by atoms with E-state index < -0.39 is 47.3 Å². The maximum atomic E-state index is 14.4. The number of rotatable bonds is 9. The van der Waals surface area contributed by atoms with Crippen LogP contribution in [0.3, 0.4) is 0 Å².